The summed E-state index contributed by atoms with van der Waals surface area (Å²) in [6, 6.07) is 0. The van der Waals surface area contributed by atoms with E-state index in [9.17, 15) is 18.3 Å². The molecule has 3 aromatic heterocycles. The van der Waals surface area contributed by atoms with E-state index in [2.05, 4.69) is 41.3 Å². The lowest BCUT2D eigenvalue weighted by atomic mass is 9.97. The van der Waals surface area contributed by atoms with Crippen LogP contribution in [0.5, 0.6) is 0 Å². The molecule has 1 unspecified atom stereocenters. The molecule has 0 spiro atoms. The summed E-state index contributed by atoms with van der Waals surface area (Å²) in [5.41, 5.74) is -2.57. The summed E-state index contributed by atoms with van der Waals surface area (Å²) in [6.07, 6.45) is -1.69. The van der Waals surface area contributed by atoms with E-state index in [4.69, 9.17) is 0 Å². The van der Waals surface area contributed by atoms with Crippen LogP contribution in [0.2, 0.25) is 0 Å². The van der Waals surface area contributed by atoms with Crippen molar-refractivity contribution in [1.29, 1.82) is 0 Å². The highest BCUT2D eigenvalue weighted by Gasteiger charge is 2.57. The first-order valence-corrected chi connectivity index (χ1v) is 8.28. The highest BCUT2D eigenvalue weighted by molar-refractivity contribution is 9.10. The van der Waals surface area contributed by atoms with Crippen LogP contribution >= 0.6 is 15.9 Å². The molecule has 3 aromatic rings. The maximum absolute atomic E-state index is 13.5. The van der Waals surface area contributed by atoms with Crippen LogP contribution in [-0.2, 0) is 19.7 Å². The molecule has 2 N–H and O–H groups in total. The van der Waals surface area contributed by atoms with Gasteiger partial charge in [0, 0.05) is 39.5 Å². The number of nitrogens with zero attached hydrogens (tertiary/aromatic N) is 6. The van der Waals surface area contributed by atoms with Crippen molar-refractivity contribution in [2.45, 2.75) is 18.2 Å². The maximum atomic E-state index is 13.5. The largest absolute Gasteiger partial charge is 0.424 e. The number of fused-ring (bicyclic) bond motifs is 1. The predicted octanol–water partition coefficient (Wildman–Crippen LogP) is 2.11. The minimum Gasteiger partial charge on any atom is -0.374 e. The van der Waals surface area contributed by atoms with Crippen molar-refractivity contribution in [1.82, 2.24) is 29.3 Å². The Morgan fingerprint density at radius 3 is 2.58 bits per heavy atom. The quantitative estimate of drug-likeness (QED) is 0.639. The molecule has 0 saturated carbocycles. The number of rotatable bonds is 5. The fourth-order valence-corrected chi connectivity index (χ4v) is 3.28. The van der Waals surface area contributed by atoms with Gasteiger partial charge in [0.25, 0.3) is 0 Å². The second-order valence-electron chi connectivity index (χ2n) is 5.73. The molecule has 0 amide bonds. The first-order valence-electron chi connectivity index (χ1n) is 7.49. The Bertz CT molecular complexity index is 938. The summed E-state index contributed by atoms with van der Waals surface area (Å²) >= 11 is 3.28. The van der Waals surface area contributed by atoms with Crippen molar-refractivity contribution in [3.8, 4) is 0 Å². The molecule has 0 aliphatic carbocycles. The molecular weight excluding hydrogens is 419 g/mol. The van der Waals surface area contributed by atoms with Crippen LogP contribution in [0.1, 0.15) is 12.2 Å². The third-order valence-electron chi connectivity index (χ3n) is 4.02. The van der Waals surface area contributed by atoms with Crippen molar-refractivity contribution in [3.05, 3.63) is 29.1 Å². The molecule has 3 rings (SSSR count). The minimum absolute atomic E-state index is 0.198. The minimum atomic E-state index is -4.89. The van der Waals surface area contributed by atoms with Gasteiger partial charge in [-0.2, -0.15) is 18.3 Å². The van der Waals surface area contributed by atoms with Gasteiger partial charge in [0.1, 0.15) is 22.6 Å². The molecule has 0 radical (unpaired) electrons. The first-order chi connectivity index (χ1) is 12.1. The zero-order valence-corrected chi connectivity index (χ0v) is 15.4. The topological polar surface area (TPSA) is 93.7 Å². The highest BCUT2D eigenvalue weighted by atomic mass is 79.9. The molecule has 0 saturated heterocycles. The second kappa shape index (κ2) is 6.50. The molecule has 3 heterocycles. The average molecular weight is 434 g/mol. The molecule has 0 bridgehead atoms. The number of hydrogen-bond acceptors (Lipinski definition) is 6. The Labute approximate surface area is 154 Å². The number of aryl methyl sites for hydroxylation is 2. The summed E-state index contributed by atoms with van der Waals surface area (Å²) in [6.45, 7) is -0.198. The number of hydrogen-bond donors (Lipinski definition) is 2. The average Bonchev–Trinajstić information content (AvgIpc) is 3.11. The predicted molar refractivity (Wildman–Crippen MR) is 90.3 cm³/mol. The van der Waals surface area contributed by atoms with Gasteiger partial charge in [-0.25, -0.2) is 19.6 Å². The monoisotopic (exact) mass is 433 g/mol. The summed E-state index contributed by atoms with van der Waals surface area (Å²) in [5.74, 6) is -0.151. The van der Waals surface area contributed by atoms with Crippen LogP contribution in [0.4, 0.5) is 19.0 Å². The molecule has 0 fully saturated rings. The lowest BCUT2D eigenvalue weighted by Gasteiger charge is -2.30. The van der Waals surface area contributed by atoms with E-state index in [0.29, 0.717) is 21.5 Å². The lowest BCUT2D eigenvalue weighted by Crippen LogP contribution is -2.45. The number of nitrogens with one attached hydrogen (secondary N) is 1. The second-order valence-corrected chi connectivity index (χ2v) is 6.48. The van der Waals surface area contributed by atoms with E-state index in [1.807, 2.05) is 0 Å². The van der Waals surface area contributed by atoms with Crippen LogP contribution in [0.15, 0.2) is 23.3 Å². The van der Waals surface area contributed by atoms with Crippen LogP contribution < -0.4 is 5.32 Å². The van der Waals surface area contributed by atoms with Gasteiger partial charge in [0.15, 0.2) is 5.65 Å². The summed E-state index contributed by atoms with van der Waals surface area (Å²) < 4.78 is 43.7. The Morgan fingerprint density at radius 2 is 1.96 bits per heavy atom. The number of halogens is 4. The third kappa shape index (κ3) is 3.03. The number of aromatic nitrogens is 6. The summed E-state index contributed by atoms with van der Waals surface area (Å²) in [5, 5.41) is 17.8. The van der Waals surface area contributed by atoms with Crippen LogP contribution in [0, 0.1) is 0 Å². The number of anilines is 1. The van der Waals surface area contributed by atoms with E-state index in [-0.39, 0.29) is 6.54 Å². The van der Waals surface area contributed by atoms with Crippen molar-refractivity contribution >= 4 is 32.8 Å². The lowest BCUT2D eigenvalue weighted by molar-refractivity contribution is -0.271. The van der Waals surface area contributed by atoms with E-state index in [0.717, 1.165) is 4.57 Å². The van der Waals surface area contributed by atoms with E-state index in [1.54, 1.807) is 7.05 Å². The highest BCUT2D eigenvalue weighted by Crippen LogP contribution is 2.40. The third-order valence-corrected chi connectivity index (χ3v) is 4.57. The fraction of sp³-hybridized carbons (Fsp3) is 0.429. The molecule has 140 valence electrons. The molecule has 26 heavy (non-hydrogen) atoms. The molecule has 12 heteroatoms. The molecule has 0 aliphatic heterocycles. The molecule has 0 aromatic carbocycles. The molecule has 8 nitrogen and oxygen atoms in total. The van der Waals surface area contributed by atoms with Crippen molar-refractivity contribution < 1.29 is 18.3 Å². The van der Waals surface area contributed by atoms with Gasteiger partial charge in [-0.15, -0.1) is 0 Å². The maximum Gasteiger partial charge on any atom is 0.424 e. The van der Waals surface area contributed by atoms with E-state index in [1.165, 1.54) is 30.5 Å². The van der Waals surface area contributed by atoms with Gasteiger partial charge in [0.05, 0.1) is 5.39 Å². The SMILES string of the molecule is Cn1ccnc1C(O)(CCNc1ncnc2c1c(Br)nn2C)C(F)(F)F. The first kappa shape index (κ1) is 18.6. The van der Waals surface area contributed by atoms with Crippen molar-refractivity contribution in [2.75, 3.05) is 11.9 Å². The van der Waals surface area contributed by atoms with Gasteiger partial charge in [-0.05, 0) is 15.9 Å². The van der Waals surface area contributed by atoms with Gasteiger partial charge in [-0.3, -0.25) is 0 Å². The van der Waals surface area contributed by atoms with Gasteiger partial charge < -0.3 is 15.0 Å². The van der Waals surface area contributed by atoms with Gasteiger partial charge >= 0.3 is 6.18 Å². The normalized spacial score (nSPS) is 14.6. The van der Waals surface area contributed by atoms with Gasteiger partial charge in [0.2, 0.25) is 5.60 Å². The van der Waals surface area contributed by atoms with Crippen LogP contribution in [0.25, 0.3) is 11.0 Å². The Kier molecular flexibility index (Phi) is 4.65. The number of aliphatic hydroxyl groups is 1. The van der Waals surface area contributed by atoms with Crippen molar-refractivity contribution in [2.24, 2.45) is 14.1 Å². The number of imidazole rings is 1. The molecular formula is C14H15BrF3N7O. The van der Waals surface area contributed by atoms with Crippen molar-refractivity contribution in [3.63, 3.8) is 0 Å². The zero-order valence-electron chi connectivity index (χ0n) is 13.8. The van der Waals surface area contributed by atoms with E-state index < -0.39 is 24.0 Å². The standard InChI is InChI=1S/C14H15BrF3N7O/c1-24-6-5-20-12(24)13(26,14(16,17)18)3-4-19-10-8-9(15)23-25(2)11(8)22-7-21-10/h5-7,26H,3-4H2,1-2H3,(H,19,21,22). The van der Waals surface area contributed by atoms with Crippen LogP contribution in [-0.4, -0.2) is 47.1 Å². The molecule has 0 aliphatic rings. The number of alkyl halides is 3. The Balaban J connectivity index is 1.85. The van der Waals surface area contributed by atoms with Crippen LogP contribution in [0.3, 0.4) is 0 Å². The Hall–Kier alpha value is -2.21. The summed E-state index contributed by atoms with van der Waals surface area (Å²) in [7, 11) is 3.08. The van der Waals surface area contributed by atoms with Gasteiger partial charge in [-0.1, -0.05) is 0 Å². The van der Waals surface area contributed by atoms with E-state index >= 15 is 0 Å². The zero-order chi connectivity index (χ0) is 19.1. The summed E-state index contributed by atoms with van der Waals surface area (Å²) in [4.78, 5) is 11.8. The fourth-order valence-electron chi connectivity index (χ4n) is 2.68. The Morgan fingerprint density at radius 1 is 1.23 bits per heavy atom. The molecule has 1 atom stereocenters. The smallest absolute Gasteiger partial charge is 0.374 e.